The van der Waals surface area contributed by atoms with Crippen LogP contribution in [-0.4, -0.2) is 43.0 Å². The van der Waals surface area contributed by atoms with E-state index >= 15 is 0 Å². The molecule has 2 N–H and O–H groups in total. The summed E-state index contributed by atoms with van der Waals surface area (Å²) in [6.45, 7) is 3.73. The summed E-state index contributed by atoms with van der Waals surface area (Å²) in [5.41, 5.74) is 5.75. The molecule has 1 atom stereocenters. The number of methoxy groups -OCH3 is 1. The number of hydrogen-bond acceptors (Lipinski definition) is 4. The van der Waals surface area contributed by atoms with Gasteiger partial charge in [-0.1, -0.05) is 26.2 Å². The number of rotatable bonds is 6. The molecule has 0 aliphatic carbocycles. The van der Waals surface area contributed by atoms with Crippen molar-refractivity contribution in [2.24, 2.45) is 11.7 Å². The van der Waals surface area contributed by atoms with Crippen LogP contribution in [0.1, 0.15) is 45.4 Å². The lowest BCUT2D eigenvalue weighted by Gasteiger charge is -2.33. The average molecular weight is 270 g/mol. The van der Waals surface area contributed by atoms with E-state index in [0.717, 1.165) is 31.8 Å². The lowest BCUT2D eigenvalue weighted by Crippen LogP contribution is -2.48. The molecular formula is C14H26N2O3. The van der Waals surface area contributed by atoms with Crippen LogP contribution in [0.25, 0.3) is 0 Å². The largest absolute Gasteiger partial charge is 0.469 e. The van der Waals surface area contributed by atoms with Gasteiger partial charge < -0.3 is 15.4 Å². The van der Waals surface area contributed by atoms with Crippen LogP contribution in [0.4, 0.5) is 0 Å². The first kappa shape index (κ1) is 16.0. The summed E-state index contributed by atoms with van der Waals surface area (Å²) in [5.74, 6) is 0.179. The normalized spacial score (nSPS) is 18.2. The van der Waals surface area contributed by atoms with Crippen LogP contribution in [-0.2, 0) is 14.3 Å². The van der Waals surface area contributed by atoms with Gasteiger partial charge in [-0.25, -0.2) is 0 Å². The quantitative estimate of drug-likeness (QED) is 0.738. The van der Waals surface area contributed by atoms with Gasteiger partial charge in [0, 0.05) is 13.1 Å². The molecule has 5 heteroatoms. The monoisotopic (exact) mass is 270 g/mol. The number of unbranched alkanes of at least 4 members (excludes halogenated alkanes) is 1. The van der Waals surface area contributed by atoms with Gasteiger partial charge in [-0.3, -0.25) is 9.59 Å². The zero-order valence-electron chi connectivity index (χ0n) is 12.1. The van der Waals surface area contributed by atoms with Crippen LogP contribution in [0.2, 0.25) is 0 Å². The Morgan fingerprint density at radius 2 is 2.00 bits per heavy atom. The van der Waals surface area contributed by atoms with E-state index < -0.39 is 12.0 Å². The van der Waals surface area contributed by atoms with Crippen molar-refractivity contribution in [2.45, 2.75) is 51.5 Å². The van der Waals surface area contributed by atoms with Crippen LogP contribution in [0.5, 0.6) is 0 Å². The van der Waals surface area contributed by atoms with Crippen molar-refractivity contribution < 1.29 is 14.3 Å². The van der Waals surface area contributed by atoms with Crippen molar-refractivity contribution in [3.05, 3.63) is 0 Å². The standard InChI is InChI=1S/C14H26N2O3/c1-3-4-5-11-6-8-16(9-7-11)14(18)12(15)10-13(17)19-2/h11-12H,3-10,15H2,1-2H3. The van der Waals surface area contributed by atoms with Crippen LogP contribution < -0.4 is 5.73 Å². The third-order valence-electron chi connectivity index (χ3n) is 3.82. The average Bonchev–Trinajstić information content (AvgIpc) is 2.44. The predicted octanol–water partition coefficient (Wildman–Crippen LogP) is 1.31. The summed E-state index contributed by atoms with van der Waals surface area (Å²) >= 11 is 0. The van der Waals surface area contributed by atoms with Gasteiger partial charge in [-0.15, -0.1) is 0 Å². The van der Waals surface area contributed by atoms with E-state index in [1.54, 1.807) is 4.90 Å². The van der Waals surface area contributed by atoms with Crippen molar-refractivity contribution in [1.29, 1.82) is 0 Å². The third-order valence-corrected chi connectivity index (χ3v) is 3.82. The van der Waals surface area contributed by atoms with E-state index in [9.17, 15) is 9.59 Å². The van der Waals surface area contributed by atoms with Crippen LogP contribution in [0.3, 0.4) is 0 Å². The van der Waals surface area contributed by atoms with Gasteiger partial charge in [0.15, 0.2) is 0 Å². The molecule has 5 nitrogen and oxygen atoms in total. The highest BCUT2D eigenvalue weighted by Gasteiger charge is 2.27. The molecule has 110 valence electrons. The summed E-state index contributed by atoms with van der Waals surface area (Å²) in [6.07, 6.45) is 5.81. The summed E-state index contributed by atoms with van der Waals surface area (Å²) < 4.78 is 4.53. The minimum atomic E-state index is -0.764. The molecule has 1 heterocycles. The van der Waals surface area contributed by atoms with Gasteiger partial charge in [-0.2, -0.15) is 0 Å². The Balaban J connectivity index is 2.33. The fraction of sp³-hybridized carbons (Fsp3) is 0.857. The second kappa shape index (κ2) is 8.15. The van der Waals surface area contributed by atoms with E-state index in [-0.39, 0.29) is 12.3 Å². The Morgan fingerprint density at radius 3 is 2.53 bits per heavy atom. The summed E-state index contributed by atoms with van der Waals surface area (Å²) in [7, 11) is 1.30. The second-order valence-corrected chi connectivity index (χ2v) is 5.30. The molecule has 0 aromatic heterocycles. The number of hydrogen-bond donors (Lipinski definition) is 1. The molecule has 1 unspecified atom stereocenters. The first-order valence-electron chi connectivity index (χ1n) is 7.19. The Bertz CT molecular complexity index is 299. The number of piperidine rings is 1. The van der Waals surface area contributed by atoms with Crippen molar-refractivity contribution in [2.75, 3.05) is 20.2 Å². The lowest BCUT2D eigenvalue weighted by atomic mass is 9.91. The zero-order chi connectivity index (χ0) is 14.3. The maximum Gasteiger partial charge on any atom is 0.307 e. The van der Waals surface area contributed by atoms with Gasteiger partial charge >= 0.3 is 5.97 Å². The van der Waals surface area contributed by atoms with Crippen LogP contribution in [0, 0.1) is 5.92 Å². The molecule has 19 heavy (non-hydrogen) atoms. The molecule has 1 aliphatic rings. The number of esters is 1. The summed E-state index contributed by atoms with van der Waals surface area (Å²) in [4.78, 5) is 25.0. The molecule has 1 saturated heterocycles. The number of carbonyl (C=O) groups excluding carboxylic acids is 2. The topological polar surface area (TPSA) is 72.6 Å². The molecule has 0 radical (unpaired) electrons. The van der Waals surface area contributed by atoms with Crippen molar-refractivity contribution in [3.8, 4) is 0 Å². The minimum Gasteiger partial charge on any atom is -0.469 e. The molecule has 1 amide bonds. The van der Waals surface area contributed by atoms with Crippen molar-refractivity contribution >= 4 is 11.9 Å². The van der Waals surface area contributed by atoms with Gasteiger partial charge in [0.05, 0.1) is 19.6 Å². The molecule has 1 aliphatic heterocycles. The highest BCUT2D eigenvalue weighted by molar-refractivity contribution is 5.86. The van der Waals surface area contributed by atoms with Crippen LogP contribution >= 0.6 is 0 Å². The SMILES string of the molecule is CCCCC1CCN(C(=O)C(N)CC(=O)OC)CC1. The summed E-state index contributed by atoms with van der Waals surface area (Å²) in [5, 5.41) is 0. The number of nitrogens with two attached hydrogens (primary N) is 1. The first-order valence-corrected chi connectivity index (χ1v) is 7.19. The smallest absolute Gasteiger partial charge is 0.307 e. The van der Waals surface area contributed by atoms with Crippen molar-refractivity contribution in [1.82, 2.24) is 4.90 Å². The number of likely N-dealkylation sites (tertiary alicyclic amines) is 1. The Labute approximate surface area is 115 Å². The number of amides is 1. The molecule has 1 rings (SSSR count). The van der Waals surface area contributed by atoms with Gasteiger partial charge in [0.2, 0.25) is 5.91 Å². The molecule has 0 aromatic carbocycles. The van der Waals surface area contributed by atoms with Crippen molar-refractivity contribution in [3.63, 3.8) is 0 Å². The fourth-order valence-electron chi connectivity index (χ4n) is 2.52. The van der Waals surface area contributed by atoms with E-state index in [4.69, 9.17) is 5.73 Å². The molecule has 1 fully saturated rings. The van der Waals surface area contributed by atoms with Gasteiger partial charge in [-0.05, 0) is 18.8 Å². The van der Waals surface area contributed by atoms with E-state index in [0.29, 0.717) is 0 Å². The summed E-state index contributed by atoms with van der Waals surface area (Å²) in [6, 6.07) is -0.764. The first-order chi connectivity index (χ1) is 9.08. The maximum absolute atomic E-state index is 12.1. The van der Waals surface area contributed by atoms with Gasteiger partial charge in [0.25, 0.3) is 0 Å². The predicted molar refractivity (Wildman–Crippen MR) is 73.4 cm³/mol. The molecular weight excluding hydrogens is 244 g/mol. The number of nitrogens with zero attached hydrogens (tertiary/aromatic N) is 1. The van der Waals surface area contributed by atoms with Gasteiger partial charge in [0.1, 0.15) is 0 Å². The minimum absolute atomic E-state index is 0.0366. The highest BCUT2D eigenvalue weighted by atomic mass is 16.5. The fourth-order valence-corrected chi connectivity index (χ4v) is 2.52. The maximum atomic E-state index is 12.1. The Morgan fingerprint density at radius 1 is 1.37 bits per heavy atom. The number of carbonyl (C=O) groups is 2. The molecule has 0 saturated carbocycles. The number of ether oxygens (including phenoxy) is 1. The molecule has 0 spiro atoms. The van der Waals surface area contributed by atoms with E-state index in [2.05, 4.69) is 11.7 Å². The van der Waals surface area contributed by atoms with E-state index in [1.165, 1.54) is 26.4 Å². The second-order valence-electron chi connectivity index (χ2n) is 5.30. The lowest BCUT2D eigenvalue weighted by molar-refractivity contribution is -0.145. The zero-order valence-corrected chi connectivity index (χ0v) is 12.1. The van der Waals surface area contributed by atoms with Crippen LogP contribution in [0.15, 0.2) is 0 Å². The Kier molecular flexibility index (Phi) is 6.84. The molecule has 0 bridgehead atoms. The Hall–Kier alpha value is -1.10. The van der Waals surface area contributed by atoms with E-state index in [1.807, 2.05) is 0 Å². The highest BCUT2D eigenvalue weighted by Crippen LogP contribution is 2.22. The third kappa shape index (κ3) is 5.19. The molecule has 0 aromatic rings.